The number of ether oxygens (including phenoxy) is 2. The molecule has 0 saturated heterocycles. The standard InChI is InChI=1S/C18H22O3/c1-20-12-17-14-7-8-15(17)10-16(9-14)18(19)21-11-13-5-3-2-4-6-13/h2-6,12,14-16H,7-11H2,1H3. The van der Waals surface area contributed by atoms with Gasteiger partial charge < -0.3 is 9.47 Å². The van der Waals surface area contributed by atoms with Crippen LogP contribution in [0.25, 0.3) is 0 Å². The first kappa shape index (κ1) is 14.2. The maximum atomic E-state index is 12.3. The smallest absolute Gasteiger partial charge is 0.309 e. The van der Waals surface area contributed by atoms with Gasteiger partial charge in [0.25, 0.3) is 0 Å². The number of hydrogen-bond acceptors (Lipinski definition) is 3. The molecule has 0 heterocycles. The molecule has 21 heavy (non-hydrogen) atoms. The zero-order valence-electron chi connectivity index (χ0n) is 12.5. The van der Waals surface area contributed by atoms with Crippen LogP contribution in [0.15, 0.2) is 42.2 Å². The van der Waals surface area contributed by atoms with E-state index in [-0.39, 0.29) is 11.9 Å². The third-order valence-electron chi connectivity index (χ3n) is 4.76. The summed E-state index contributed by atoms with van der Waals surface area (Å²) < 4.78 is 10.7. The van der Waals surface area contributed by atoms with Crippen LogP contribution in [0, 0.1) is 17.8 Å². The van der Waals surface area contributed by atoms with E-state index in [4.69, 9.17) is 9.47 Å². The van der Waals surface area contributed by atoms with E-state index in [2.05, 4.69) is 0 Å². The van der Waals surface area contributed by atoms with Gasteiger partial charge in [0, 0.05) is 0 Å². The molecule has 112 valence electrons. The maximum Gasteiger partial charge on any atom is 0.309 e. The highest BCUT2D eigenvalue weighted by atomic mass is 16.5. The van der Waals surface area contributed by atoms with E-state index in [0.29, 0.717) is 18.4 Å². The first-order valence-corrected chi connectivity index (χ1v) is 7.71. The molecule has 2 aliphatic rings. The second-order valence-corrected chi connectivity index (χ2v) is 6.09. The zero-order chi connectivity index (χ0) is 14.7. The molecule has 0 N–H and O–H groups in total. The summed E-state index contributed by atoms with van der Waals surface area (Å²) in [5, 5.41) is 0. The van der Waals surface area contributed by atoms with Crippen molar-refractivity contribution in [3.63, 3.8) is 0 Å². The molecule has 2 saturated carbocycles. The minimum atomic E-state index is -0.0350. The Labute approximate surface area is 125 Å². The third-order valence-corrected chi connectivity index (χ3v) is 4.76. The van der Waals surface area contributed by atoms with Crippen LogP contribution in [0.1, 0.15) is 31.2 Å². The molecular formula is C18H22O3. The molecule has 1 aromatic carbocycles. The van der Waals surface area contributed by atoms with Crippen molar-refractivity contribution in [2.45, 2.75) is 32.3 Å². The minimum absolute atomic E-state index is 0.0350. The number of allylic oxidation sites excluding steroid dienone is 1. The van der Waals surface area contributed by atoms with Crippen molar-refractivity contribution in [3.8, 4) is 0 Å². The van der Waals surface area contributed by atoms with E-state index < -0.39 is 0 Å². The topological polar surface area (TPSA) is 35.5 Å². The van der Waals surface area contributed by atoms with E-state index in [9.17, 15) is 4.79 Å². The predicted molar refractivity (Wildman–Crippen MR) is 80.3 cm³/mol. The molecule has 2 aliphatic carbocycles. The lowest BCUT2D eigenvalue weighted by Gasteiger charge is -2.28. The molecule has 2 unspecified atom stereocenters. The summed E-state index contributed by atoms with van der Waals surface area (Å²) in [5.74, 6) is 1.04. The molecule has 0 aliphatic heterocycles. The molecule has 0 radical (unpaired) electrons. The van der Waals surface area contributed by atoms with Crippen molar-refractivity contribution in [2.75, 3.05) is 7.11 Å². The van der Waals surface area contributed by atoms with Crippen LogP contribution in [0.5, 0.6) is 0 Å². The number of hydrogen-bond donors (Lipinski definition) is 0. The van der Waals surface area contributed by atoms with Gasteiger partial charge in [-0.05, 0) is 48.7 Å². The van der Waals surface area contributed by atoms with Crippen LogP contribution in [-0.4, -0.2) is 13.1 Å². The van der Waals surface area contributed by atoms with E-state index in [0.717, 1.165) is 18.4 Å². The van der Waals surface area contributed by atoms with Gasteiger partial charge in [-0.3, -0.25) is 4.79 Å². The number of rotatable bonds is 4. The highest BCUT2D eigenvalue weighted by Crippen LogP contribution is 2.48. The SMILES string of the molecule is COC=C1C2CCC1CC(C(=O)OCc1ccccc1)C2. The normalized spacial score (nSPS) is 27.3. The number of fused-ring (bicyclic) bond motifs is 2. The van der Waals surface area contributed by atoms with E-state index >= 15 is 0 Å². The molecule has 2 bridgehead atoms. The van der Waals surface area contributed by atoms with Gasteiger partial charge in [0.05, 0.1) is 19.3 Å². The number of carbonyl (C=O) groups is 1. The fraction of sp³-hybridized carbons (Fsp3) is 0.500. The Morgan fingerprint density at radius 2 is 1.86 bits per heavy atom. The summed E-state index contributed by atoms with van der Waals surface area (Å²) >= 11 is 0. The van der Waals surface area contributed by atoms with Crippen LogP contribution in [0.2, 0.25) is 0 Å². The summed E-state index contributed by atoms with van der Waals surface area (Å²) in [6.07, 6.45) is 6.09. The van der Waals surface area contributed by atoms with Crippen LogP contribution < -0.4 is 0 Å². The average molecular weight is 286 g/mol. The van der Waals surface area contributed by atoms with Crippen molar-refractivity contribution in [2.24, 2.45) is 17.8 Å². The predicted octanol–water partition coefficient (Wildman–Crippen LogP) is 3.70. The maximum absolute atomic E-state index is 12.3. The van der Waals surface area contributed by atoms with E-state index in [1.165, 1.54) is 18.4 Å². The Kier molecular flexibility index (Phi) is 4.28. The molecule has 0 spiro atoms. The van der Waals surface area contributed by atoms with E-state index in [1.54, 1.807) is 7.11 Å². The molecule has 3 rings (SSSR count). The lowest BCUT2D eigenvalue weighted by molar-refractivity contribution is -0.151. The van der Waals surface area contributed by atoms with E-state index in [1.807, 2.05) is 36.6 Å². The molecular weight excluding hydrogens is 264 g/mol. The van der Waals surface area contributed by atoms with Gasteiger partial charge in [0.1, 0.15) is 6.61 Å². The second-order valence-electron chi connectivity index (χ2n) is 6.09. The van der Waals surface area contributed by atoms with Gasteiger partial charge >= 0.3 is 5.97 Å². The number of esters is 1. The fourth-order valence-corrected chi connectivity index (χ4v) is 3.73. The highest BCUT2D eigenvalue weighted by molar-refractivity contribution is 5.73. The van der Waals surface area contributed by atoms with Gasteiger partial charge in [-0.25, -0.2) is 0 Å². The third kappa shape index (κ3) is 3.12. The van der Waals surface area contributed by atoms with Crippen LogP contribution in [0.4, 0.5) is 0 Å². The summed E-state index contributed by atoms with van der Waals surface area (Å²) in [7, 11) is 1.70. The summed E-state index contributed by atoms with van der Waals surface area (Å²) in [5.41, 5.74) is 2.45. The van der Waals surface area contributed by atoms with Crippen molar-refractivity contribution in [3.05, 3.63) is 47.7 Å². The average Bonchev–Trinajstić information content (AvgIpc) is 2.75. The molecule has 2 atom stereocenters. The molecule has 2 fully saturated rings. The first-order chi connectivity index (χ1) is 10.3. The number of methoxy groups -OCH3 is 1. The lowest BCUT2D eigenvalue weighted by atomic mass is 9.78. The molecule has 3 heteroatoms. The molecule has 3 nitrogen and oxygen atoms in total. The summed E-state index contributed by atoms with van der Waals surface area (Å²) in [6, 6.07) is 9.86. The van der Waals surface area contributed by atoms with Gasteiger partial charge in [-0.1, -0.05) is 30.3 Å². The second kappa shape index (κ2) is 6.33. The fourth-order valence-electron chi connectivity index (χ4n) is 3.73. The first-order valence-electron chi connectivity index (χ1n) is 7.71. The van der Waals surface area contributed by atoms with Gasteiger partial charge in [-0.2, -0.15) is 0 Å². The minimum Gasteiger partial charge on any atom is -0.504 e. The Bertz CT molecular complexity index is 505. The molecule has 0 aromatic heterocycles. The van der Waals surface area contributed by atoms with Crippen LogP contribution in [0.3, 0.4) is 0 Å². The quantitative estimate of drug-likeness (QED) is 0.625. The van der Waals surface area contributed by atoms with Gasteiger partial charge in [0.15, 0.2) is 0 Å². The van der Waals surface area contributed by atoms with Crippen LogP contribution in [-0.2, 0) is 20.9 Å². The summed E-state index contributed by atoms with van der Waals surface area (Å²) in [6.45, 7) is 0.381. The van der Waals surface area contributed by atoms with Gasteiger partial charge in [-0.15, -0.1) is 0 Å². The number of benzene rings is 1. The number of carbonyl (C=O) groups excluding carboxylic acids is 1. The molecule has 1 aromatic rings. The largest absolute Gasteiger partial charge is 0.504 e. The van der Waals surface area contributed by atoms with Crippen molar-refractivity contribution < 1.29 is 14.3 Å². The van der Waals surface area contributed by atoms with Gasteiger partial charge in [0.2, 0.25) is 0 Å². The zero-order valence-corrected chi connectivity index (χ0v) is 12.5. The van der Waals surface area contributed by atoms with Crippen molar-refractivity contribution in [1.29, 1.82) is 0 Å². The summed E-state index contributed by atoms with van der Waals surface area (Å²) in [4.78, 5) is 12.3. The van der Waals surface area contributed by atoms with Crippen molar-refractivity contribution in [1.82, 2.24) is 0 Å². The Balaban J connectivity index is 1.57. The molecule has 0 amide bonds. The monoisotopic (exact) mass is 286 g/mol. The van der Waals surface area contributed by atoms with Crippen LogP contribution >= 0.6 is 0 Å². The Hall–Kier alpha value is -1.77. The highest BCUT2D eigenvalue weighted by Gasteiger charge is 2.41. The Morgan fingerprint density at radius 1 is 1.19 bits per heavy atom. The lowest BCUT2D eigenvalue weighted by Crippen LogP contribution is -2.27. The Morgan fingerprint density at radius 3 is 2.48 bits per heavy atom. The van der Waals surface area contributed by atoms with Crippen molar-refractivity contribution >= 4 is 5.97 Å².